The monoisotopic (exact) mass is 208 g/mol. The average molecular weight is 208 g/mol. The van der Waals surface area contributed by atoms with Crippen molar-refractivity contribution in [3.05, 3.63) is 30.1 Å². The largest absolute Gasteiger partial charge is 0.355 e. The Labute approximate surface area is 85.6 Å². The second-order valence-electron chi connectivity index (χ2n) is 4.48. The highest BCUT2D eigenvalue weighted by Crippen LogP contribution is 2.00. The zero-order chi connectivity index (χ0) is 10.6. The molecule has 0 spiro atoms. The summed E-state index contributed by atoms with van der Waals surface area (Å²) in [7, 11) is -1.20. The van der Waals surface area contributed by atoms with Gasteiger partial charge in [-0.05, 0) is 12.1 Å². The fraction of sp³-hybridized carbons (Fsp3) is 0.400. The molecule has 4 heteroatoms. The lowest BCUT2D eigenvalue weighted by Crippen LogP contribution is -2.39. The SMILES string of the molecule is C[Si](C)(C)CNC(=O)c1ccncc1. The number of hydrogen-bond donors (Lipinski definition) is 1. The van der Waals surface area contributed by atoms with E-state index in [1.807, 2.05) is 0 Å². The number of pyridine rings is 1. The zero-order valence-electron chi connectivity index (χ0n) is 8.87. The number of carbonyl (C=O) groups excluding carboxylic acids is 1. The fourth-order valence-electron chi connectivity index (χ4n) is 0.951. The standard InChI is InChI=1S/C10H16N2OSi/c1-14(2,3)8-12-10(13)9-4-6-11-7-5-9/h4-7H,8H2,1-3H3,(H,12,13). The van der Waals surface area contributed by atoms with E-state index in [1.54, 1.807) is 24.5 Å². The van der Waals surface area contributed by atoms with Crippen LogP contribution in [0.5, 0.6) is 0 Å². The number of nitrogens with zero attached hydrogens (tertiary/aromatic N) is 1. The Morgan fingerprint density at radius 2 is 1.93 bits per heavy atom. The quantitative estimate of drug-likeness (QED) is 0.768. The maximum absolute atomic E-state index is 11.6. The summed E-state index contributed by atoms with van der Waals surface area (Å²) in [6, 6.07) is 3.44. The van der Waals surface area contributed by atoms with Crippen molar-refractivity contribution in [3.63, 3.8) is 0 Å². The lowest BCUT2D eigenvalue weighted by molar-refractivity contribution is 0.0959. The summed E-state index contributed by atoms with van der Waals surface area (Å²) >= 11 is 0. The van der Waals surface area contributed by atoms with Gasteiger partial charge in [0.2, 0.25) is 0 Å². The average Bonchev–Trinajstić information content (AvgIpc) is 2.14. The topological polar surface area (TPSA) is 42.0 Å². The maximum atomic E-state index is 11.6. The minimum absolute atomic E-state index is 0.00479. The summed E-state index contributed by atoms with van der Waals surface area (Å²) in [6.45, 7) is 6.67. The Morgan fingerprint density at radius 3 is 2.43 bits per heavy atom. The summed E-state index contributed by atoms with van der Waals surface area (Å²) in [5.74, 6) is -0.00479. The Morgan fingerprint density at radius 1 is 1.36 bits per heavy atom. The molecule has 0 saturated heterocycles. The number of hydrogen-bond acceptors (Lipinski definition) is 2. The van der Waals surface area contributed by atoms with Gasteiger partial charge in [0.25, 0.3) is 5.91 Å². The highest BCUT2D eigenvalue weighted by Gasteiger charge is 2.14. The molecule has 0 aliphatic carbocycles. The van der Waals surface area contributed by atoms with E-state index in [0.29, 0.717) is 5.56 Å². The molecular weight excluding hydrogens is 192 g/mol. The molecule has 0 saturated carbocycles. The van der Waals surface area contributed by atoms with E-state index in [9.17, 15) is 4.79 Å². The first kappa shape index (κ1) is 10.9. The molecule has 0 aliphatic rings. The van der Waals surface area contributed by atoms with Crippen LogP contribution in [0.3, 0.4) is 0 Å². The lowest BCUT2D eigenvalue weighted by atomic mass is 10.2. The summed E-state index contributed by atoms with van der Waals surface area (Å²) < 4.78 is 0. The summed E-state index contributed by atoms with van der Waals surface area (Å²) in [6.07, 6.45) is 4.07. The van der Waals surface area contributed by atoms with Gasteiger partial charge in [-0.2, -0.15) is 0 Å². The highest BCUT2D eigenvalue weighted by molar-refractivity contribution is 6.76. The van der Waals surface area contributed by atoms with Crippen molar-refractivity contribution < 1.29 is 4.79 Å². The van der Waals surface area contributed by atoms with Crippen molar-refractivity contribution in [1.82, 2.24) is 10.3 Å². The third-order valence-electron chi connectivity index (χ3n) is 1.72. The molecule has 0 bridgehead atoms. The van der Waals surface area contributed by atoms with Crippen molar-refractivity contribution in [2.24, 2.45) is 0 Å². The number of rotatable bonds is 3. The number of amides is 1. The molecule has 0 radical (unpaired) electrons. The van der Waals surface area contributed by atoms with Gasteiger partial charge in [-0.25, -0.2) is 0 Å². The smallest absolute Gasteiger partial charge is 0.251 e. The van der Waals surface area contributed by atoms with E-state index in [0.717, 1.165) is 6.17 Å². The molecule has 0 fully saturated rings. The molecule has 1 aromatic heterocycles. The second kappa shape index (κ2) is 4.37. The molecule has 0 aliphatic heterocycles. The molecule has 1 rings (SSSR count). The summed E-state index contributed by atoms with van der Waals surface area (Å²) in [4.78, 5) is 15.4. The Balaban J connectivity index is 2.52. The first-order chi connectivity index (χ1) is 6.49. The van der Waals surface area contributed by atoms with Crippen LogP contribution in [0.15, 0.2) is 24.5 Å². The molecule has 76 valence electrons. The van der Waals surface area contributed by atoms with Crippen LogP contribution in [-0.4, -0.2) is 25.1 Å². The summed E-state index contributed by atoms with van der Waals surface area (Å²) in [5, 5.41) is 2.93. The number of carbonyl (C=O) groups is 1. The molecule has 1 aromatic rings. The zero-order valence-corrected chi connectivity index (χ0v) is 9.87. The van der Waals surface area contributed by atoms with Crippen LogP contribution in [0.25, 0.3) is 0 Å². The molecule has 1 amide bonds. The molecular formula is C10H16N2OSi. The van der Waals surface area contributed by atoms with Crippen LogP contribution in [0, 0.1) is 0 Å². The molecule has 14 heavy (non-hydrogen) atoms. The highest BCUT2D eigenvalue weighted by atomic mass is 28.3. The van der Waals surface area contributed by atoms with Gasteiger partial charge in [-0.15, -0.1) is 0 Å². The van der Waals surface area contributed by atoms with Crippen LogP contribution in [0.2, 0.25) is 19.6 Å². The van der Waals surface area contributed by atoms with Gasteiger partial charge in [0, 0.05) is 24.1 Å². The van der Waals surface area contributed by atoms with E-state index >= 15 is 0 Å². The van der Waals surface area contributed by atoms with Crippen LogP contribution in [-0.2, 0) is 0 Å². The molecule has 0 atom stereocenters. The minimum Gasteiger partial charge on any atom is -0.355 e. The molecule has 0 unspecified atom stereocenters. The van der Waals surface area contributed by atoms with E-state index < -0.39 is 8.07 Å². The molecule has 3 nitrogen and oxygen atoms in total. The Kier molecular flexibility index (Phi) is 3.41. The van der Waals surface area contributed by atoms with Crippen LogP contribution in [0.4, 0.5) is 0 Å². The maximum Gasteiger partial charge on any atom is 0.251 e. The normalized spacial score (nSPS) is 11.1. The van der Waals surface area contributed by atoms with E-state index in [2.05, 4.69) is 29.9 Å². The van der Waals surface area contributed by atoms with E-state index in [-0.39, 0.29) is 5.91 Å². The van der Waals surface area contributed by atoms with Gasteiger partial charge in [-0.1, -0.05) is 19.6 Å². The van der Waals surface area contributed by atoms with Gasteiger partial charge in [-0.3, -0.25) is 9.78 Å². The minimum atomic E-state index is -1.20. The van der Waals surface area contributed by atoms with Gasteiger partial charge in [0.15, 0.2) is 0 Å². The third-order valence-corrected chi connectivity index (χ3v) is 2.96. The fourth-order valence-corrected chi connectivity index (χ4v) is 1.64. The predicted molar refractivity (Wildman–Crippen MR) is 59.9 cm³/mol. The van der Waals surface area contributed by atoms with Crippen molar-refractivity contribution in [1.29, 1.82) is 0 Å². The number of aromatic nitrogens is 1. The van der Waals surface area contributed by atoms with Gasteiger partial charge < -0.3 is 5.32 Å². The first-order valence-corrected chi connectivity index (χ1v) is 8.38. The van der Waals surface area contributed by atoms with Crippen LogP contribution in [0.1, 0.15) is 10.4 Å². The van der Waals surface area contributed by atoms with Crippen LogP contribution >= 0.6 is 0 Å². The third kappa shape index (κ3) is 3.70. The molecule has 1 heterocycles. The Hall–Kier alpha value is -1.16. The van der Waals surface area contributed by atoms with Gasteiger partial charge in [0.1, 0.15) is 0 Å². The second-order valence-corrected chi connectivity index (χ2v) is 9.95. The van der Waals surface area contributed by atoms with Crippen molar-refractivity contribution >= 4 is 14.0 Å². The molecule has 1 N–H and O–H groups in total. The predicted octanol–water partition coefficient (Wildman–Crippen LogP) is 1.69. The number of nitrogens with one attached hydrogen (secondary N) is 1. The van der Waals surface area contributed by atoms with Crippen molar-refractivity contribution in [2.75, 3.05) is 6.17 Å². The van der Waals surface area contributed by atoms with E-state index in [1.165, 1.54) is 0 Å². The van der Waals surface area contributed by atoms with Crippen molar-refractivity contribution in [2.45, 2.75) is 19.6 Å². The lowest BCUT2D eigenvalue weighted by Gasteiger charge is -2.16. The Bertz CT molecular complexity index is 306. The first-order valence-electron chi connectivity index (χ1n) is 4.67. The molecule has 0 aromatic carbocycles. The summed E-state index contributed by atoms with van der Waals surface area (Å²) in [5.41, 5.74) is 0.679. The van der Waals surface area contributed by atoms with Crippen LogP contribution < -0.4 is 5.32 Å². The van der Waals surface area contributed by atoms with Crippen molar-refractivity contribution in [3.8, 4) is 0 Å². The van der Waals surface area contributed by atoms with Gasteiger partial charge in [0.05, 0.1) is 8.07 Å². The van der Waals surface area contributed by atoms with E-state index in [4.69, 9.17) is 0 Å². The van der Waals surface area contributed by atoms with Gasteiger partial charge >= 0.3 is 0 Å².